The second kappa shape index (κ2) is 6.91. The number of hydrogen-bond donors (Lipinski definition) is 1. The monoisotopic (exact) mass is 324 g/mol. The fraction of sp³-hybridized carbons (Fsp3) is 0.368. The highest BCUT2D eigenvalue weighted by Crippen LogP contribution is 2.20. The highest BCUT2D eigenvalue weighted by atomic mass is 16.2. The van der Waals surface area contributed by atoms with Crippen LogP contribution in [0.4, 0.5) is 5.69 Å². The molecule has 126 valence electrons. The molecule has 1 saturated heterocycles. The number of carbonyl (C=O) groups excluding carboxylic acids is 1. The second-order valence-electron chi connectivity index (χ2n) is 6.33. The number of rotatable bonds is 4. The van der Waals surface area contributed by atoms with Crippen molar-refractivity contribution in [2.75, 3.05) is 18.0 Å². The summed E-state index contributed by atoms with van der Waals surface area (Å²) in [6.07, 6.45) is 4.18. The largest absolute Gasteiger partial charge is 0.372 e. The van der Waals surface area contributed by atoms with E-state index in [1.807, 2.05) is 45.2 Å². The predicted molar refractivity (Wildman–Crippen MR) is 97.8 cm³/mol. The van der Waals surface area contributed by atoms with Crippen LogP contribution in [-0.4, -0.2) is 29.8 Å². The summed E-state index contributed by atoms with van der Waals surface area (Å²) in [6, 6.07) is 9.78. The molecule has 0 unspecified atom stereocenters. The van der Waals surface area contributed by atoms with Gasteiger partial charge in [0.05, 0.1) is 6.21 Å². The van der Waals surface area contributed by atoms with Crippen molar-refractivity contribution in [3.8, 4) is 0 Å². The Labute approximate surface area is 143 Å². The van der Waals surface area contributed by atoms with E-state index in [1.54, 1.807) is 6.21 Å². The van der Waals surface area contributed by atoms with E-state index in [0.717, 1.165) is 30.0 Å². The quantitative estimate of drug-likeness (QED) is 0.694. The number of anilines is 1. The average molecular weight is 324 g/mol. The van der Waals surface area contributed by atoms with Gasteiger partial charge in [0.2, 0.25) is 0 Å². The van der Waals surface area contributed by atoms with Gasteiger partial charge in [0.15, 0.2) is 0 Å². The van der Waals surface area contributed by atoms with Gasteiger partial charge in [-0.25, -0.2) is 5.43 Å². The molecule has 0 atom stereocenters. The highest BCUT2D eigenvalue weighted by molar-refractivity contribution is 5.95. The molecule has 1 aliphatic heterocycles. The summed E-state index contributed by atoms with van der Waals surface area (Å²) in [5, 5.41) is 4.08. The van der Waals surface area contributed by atoms with Crippen LogP contribution in [0.15, 0.2) is 35.4 Å². The highest BCUT2D eigenvalue weighted by Gasteiger charge is 2.13. The van der Waals surface area contributed by atoms with Crippen molar-refractivity contribution in [1.82, 2.24) is 9.99 Å². The number of nitrogens with one attached hydrogen (secondary N) is 1. The smallest absolute Gasteiger partial charge is 0.271 e. The molecule has 3 rings (SSSR count). The lowest BCUT2D eigenvalue weighted by Gasteiger charge is -2.17. The molecule has 5 heteroatoms. The zero-order valence-corrected chi connectivity index (χ0v) is 14.5. The van der Waals surface area contributed by atoms with Crippen molar-refractivity contribution in [2.45, 2.75) is 26.7 Å². The third-order valence-corrected chi connectivity index (χ3v) is 4.78. The van der Waals surface area contributed by atoms with Crippen LogP contribution in [0.5, 0.6) is 0 Å². The Hall–Kier alpha value is -2.56. The Morgan fingerprint density at radius 3 is 2.42 bits per heavy atom. The molecule has 2 aromatic rings. The zero-order chi connectivity index (χ0) is 17.1. The van der Waals surface area contributed by atoms with Crippen LogP contribution in [0, 0.1) is 13.8 Å². The fourth-order valence-corrected chi connectivity index (χ4v) is 3.04. The first-order valence-electron chi connectivity index (χ1n) is 8.37. The molecule has 0 aliphatic carbocycles. The first kappa shape index (κ1) is 16.3. The SMILES string of the molecule is Cc1cc(/C=N\NC(=O)c2ccc(N3CCCC3)cc2)c(C)n1C. The second-order valence-corrected chi connectivity index (χ2v) is 6.33. The van der Waals surface area contributed by atoms with Crippen molar-refractivity contribution in [2.24, 2.45) is 12.1 Å². The number of hydrogen-bond acceptors (Lipinski definition) is 3. The number of benzene rings is 1. The lowest BCUT2D eigenvalue weighted by molar-refractivity contribution is 0.0955. The Bertz CT molecular complexity index is 752. The maximum absolute atomic E-state index is 12.2. The molecule has 1 aromatic carbocycles. The Morgan fingerprint density at radius 2 is 1.83 bits per heavy atom. The Balaban J connectivity index is 1.62. The average Bonchev–Trinajstić information content (AvgIpc) is 3.21. The van der Waals surface area contributed by atoms with Gasteiger partial charge < -0.3 is 9.47 Å². The molecule has 1 aliphatic rings. The van der Waals surface area contributed by atoms with Gasteiger partial charge in [-0.3, -0.25) is 4.79 Å². The minimum absolute atomic E-state index is 0.190. The van der Waals surface area contributed by atoms with Gasteiger partial charge in [-0.1, -0.05) is 0 Å². The standard InChI is InChI=1S/C19H24N4O/c1-14-12-17(15(2)22(14)3)13-20-21-19(24)16-6-8-18(9-7-16)23-10-4-5-11-23/h6-9,12-13H,4-5,10-11H2,1-3H3,(H,21,24)/b20-13-. The van der Waals surface area contributed by atoms with Gasteiger partial charge in [0, 0.05) is 48.3 Å². The summed E-state index contributed by atoms with van der Waals surface area (Å²) < 4.78 is 2.10. The van der Waals surface area contributed by atoms with Crippen LogP contribution in [-0.2, 0) is 7.05 Å². The number of hydrazone groups is 1. The van der Waals surface area contributed by atoms with Gasteiger partial charge in [-0.05, 0) is 57.0 Å². The fourth-order valence-electron chi connectivity index (χ4n) is 3.04. The zero-order valence-electron chi connectivity index (χ0n) is 14.5. The maximum Gasteiger partial charge on any atom is 0.271 e. The van der Waals surface area contributed by atoms with Crippen LogP contribution in [0.1, 0.15) is 40.2 Å². The van der Waals surface area contributed by atoms with Crippen LogP contribution >= 0.6 is 0 Å². The summed E-state index contributed by atoms with van der Waals surface area (Å²) in [6.45, 7) is 6.29. The lowest BCUT2D eigenvalue weighted by atomic mass is 10.2. The van der Waals surface area contributed by atoms with Crippen molar-refractivity contribution in [3.63, 3.8) is 0 Å². The molecule has 0 radical (unpaired) electrons. The van der Waals surface area contributed by atoms with Gasteiger partial charge in [-0.2, -0.15) is 5.10 Å². The summed E-state index contributed by atoms with van der Waals surface area (Å²) in [5.41, 5.74) is 7.71. The van der Waals surface area contributed by atoms with Crippen LogP contribution in [0.3, 0.4) is 0 Å². The van der Waals surface area contributed by atoms with E-state index in [4.69, 9.17) is 0 Å². The van der Waals surface area contributed by atoms with Gasteiger partial charge in [-0.15, -0.1) is 0 Å². The molecule has 0 bridgehead atoms. The molecule has 1 amide bonds. The molecule has 1 N–H and O–H groups in total. The third-order valence-electron chi connectivity index (χ3n) is 4.78. The molecule has 5 nitrogen and oxygen atoms in total. The Kier molecular flexibility index (Phi) is 4.69. The summed E-state index contributed by atoms with van der Waals surface area (Å²) >= 11 is 0. The number of amides is 1. The summed E-state index contributed by atoms with van der Waals surface area (Å²) in [4.78, 5) is 14.5. The minimum atomic E-state index is -0.190. The van der Waals surface area contributed by atoms with Crippen LogP contribution in [0.2, 0.25) is 0 Å². The molecule has 1 fully saturated rings. The van der Waals surface area contributed by atoms with Gasteiger partial charge in [0.25, 0.3) is 5.91 Å². The number of aryl methyl sites for hydroxylation is 1. The lowest BCUT2D eigenvalue weighted by Crippen LogP contribution is -2.19. The molecular formula is C19H24N4O. The molecule has 24 heavy (non-hydrogen) atoms. The minimum Gasteiger partial charge on any atom is -0.372 e. The Morgan fingerprint density at radius 1 is 1.17 bits per heavy atom. The van der Waals surface area contributed by atoms with E-state index in [0.29, 0.717) is 5.56 Å². The molecule has 2 heterocycles. The number of aromatic nitrogens is 1. The van der Waals surface area contributed by atoms with Crippen LogP contribution in [0.25, 0.3) is 0 Å². The van der Waals surface area contributed by atoms with Gasteiger partial charge >= 0.3 is 0 Å². The summed E-state index contributed by atoms with van der Waals surface area (Å²) in [5.74, 6) is -0.190. The first-order valence-corrected chi connectivity index (χ1v) is 8.37. The molecule has 1 aromatic heterocycles. The van der Waals surface area contributed by atoms with Gasteiger partial charge in [0.1, 0.15) is 0 Å². The van der Waals surface area contributed by atoms with Crippen molar-refractivity contribution in [3.05, 3.63) is 52.8 Å². The molecule has 0 saturated carbocycles. The molecular weight excluding hydrogens is 300 g/mol. The topological polar surface area (TPSA) is 49.6 Å². The maximum atomic E-state index is 12.2. The van der Waals surface area contributed by atoms with E-state index in [-0.39, 0.29) is 5.91 Å². The predicted octanol–water partition coefficient (Wildman–Crippen LogP) is 3.01. The van der Waals surface area contributed by atoms with E-state index >= 15 is 0 Å². The van der Waals surface area contributed by atoms with E-state index in [9.17, 15) is 4.79 Å². The molecule has 0 spiro atoms. The number of nitrogens with zero attached hydrogens (tertiary/aromatic N) is 3. The normalized spacial score (nSPS) is 14.5. The van der Waals surface area contributed by atoms with Crippen molar-refractivity contribution < 1.29 is 4.79 Å². The third kappa shape index (κ3) is 3.35. The number of carbonyl (C=O) groups is 1. The van der Waals surface area contributed by atoms with E-state index < -0.39 is 0 Å². The van der Waals surface area contributed by atoms with Crippen LogP contribution < -0.4 is 10.3 Å². The first-order chi connectivity index (χ1) is 11.6. The van der Waals surface area contributed by atoms with Crippen molar-refractivity contribution in [1.29, 1.82) is 0 Å². The van der Waals surface area contributed by atoms with E-state index in [2.05, 4.69) is 26.1 Å². The summed E-state index contributed by atoms with van der Waals surface area (Å²) in [7, 11) is 2.02. The van der Waals surface area contributed by atoms with E-state index in [1.165, 1.54) is 18.5 Å². The van der Waals surface area contributed by atoms with Crippen molar-refractivity contribution >= 4 is 17.8 Å².